The van der Waals surface area contributed by atoms with Gasteiger partial charge in [-0.3, -0.25) is 23.7 Å². The Morgan fingerprint density at radius 3 is 2.47 bits per heavy atom. The average molecular weight is 913 g/mol. The standard InChI is InChI=1S/C48H60N6O8S2/c1-29(2)54-37-17-13-15-34(36-28-63-41(49-36)31-20-18-30(3)19-21-31)40(37)51-44(54)61-33-24-38-39(55)26-48(43(57)52-64(59,60)47(7)22-23-47)25-32(48)14-11-9-8-10-12-16-35(42(56)53(38)27-33)50-45(58)62-46(4,5)6/h11,13-15,17-21,28-29,32-33,35,38H,8-10,12,16,22-27H2,1-7H3,(H,50,58)(H,52,57)/b14-11-/t32-,33-,35+,38+,48-/m1/s1. The number of amides is 3. The first kappa shape index (κ1) is 45.5. The largest absolute Gasteiger partial charge is 0.459 e. The number of alkyl carbamates (subject to hydrolysis) is 1. The summed E-state index contributed by atoms with van der Waals surface area (Å²) < 4.78 is 42.3. The lowest BCUT2D eigenvalue weighted by molar-refractivity contribution is -0.140. The number of hydrogen-bond acceptors (Lipinski definition) is 11. The van der Waals surface area contributed by atoms with E-state index < -0.39 is 61.9 Å². The smallest absolute Gasteiger partial charge is 0.408 e. The van der Waals surface area contributed by atoms with Crippen LogP contribution in [0.2, 0.25) is 0 Å². The highest BCUT2D eigenvalue weighted by molar-refractivity contribution is 7.91. The predicted molar refractivity (Wildman–Crippen MR) is 246 cm³/mol. The molecule has 3 fully saturated rings. The minimum absolute atomic E-state index is 0.0111. The molecule has 14 nitrogen and oxygen atoms in total. The van der Waals surface area contributed by atoms with Crippen LogP contribution >= 0.6 is 11.3 Å². The second-order valence-electron chi connectivity index (χ2n) is 19.7. The molecule has 4 aliphatic rings. The van der Waals surface area contributed by atoms with Gasteiger partial charge < -0.3 is 19.7 Å². The minimum atomic E-state index is -3.97. The Hall–Kier alpha value is -5.09. The Bertz CT molecular complexity index is 2590. The van der Waals surface area contributed by atoms with Gasteiger partial charge in [-0.1, -0.05) is 67.0 Å². The number of aromatic nitrogens is 3. The maximum Gasteiger partial charge on any atom is 0.408 e. The van der Waals surface area contributed by atoms with Crippen LogP contribution in [0.4, 0.5) is 4.79 Å². The number of fused-ring (bicyclic) bond motifs is 3. The van der Waals surface area contributed by atoms with Gasteiger partial charge in [0.15, 0.2) is 5.78 Å². The molecular formula is C48H60N6O8S2. The Labute approximate surface area is 379 Å². The van der Waals surface area contributed by atoms with Gasteiger partial charge in [0.1, 0.15) is 28.3 Å². The predicted octanol–water partition coefficient (Wildman–Crippen LogP) is 8.44. The van der Waals surface area contributed by atoms with Gasteiger partial charge in [-0.05, 0) is 99.0 Å². The molecule has 2 aliphatic carbocycles. The molecule has 0 unspecified atom stereocenters. The molecule has 0 spiro atoms. The molecule has 5 atom stereocenters. The number of rotatable bonds is 9. The quantitative estimate of drug-likeness (QED) is 0.155. The summed E-state index contributed by atoms with van der Waals surface area (Å²) in [5.41, 5.74) is 3.25. The Kier molecular flexibility index (Phi) is 12.3. The third-order valence-electron chi connectivity index (χ3n) is 13.1. The number of ketones is 1. The van der Waals surface area contributed by atoms with E-state index in [9.17, 15) is 27.6 Å². The number of benzene rings is 2. The molecule has 342 valence electrons. The van der Waals surface area contributed by atoms with Crippen molar-refractivity contribution < 1.29 is 37.1 Å². The molecule has 2 aromatic carbocycles. The Morgan fingerprint density at radius 1 is 1.02 bits per heavy atom. The van der Waals surface area contributed by atoms with Gasteiger partial charge in [-0.15, -0.1) is 11.3 Å². The van der Waals surface area contributed by atoms with E-state index in [1.807, 2.05) is 54.1 Å². The number of aryl methyl sites for hydroxylation is 1. The van der Waals surface area contributed by atoms with E-state index in [1.54, 1.807) is 39.0 Å². The number of Topliss-reactive ketones (excluding diaryl/α,β-unsaturated/α-hetero) is 1. The van der Waals surface area contributed by atoms with Crippen LogP contribution in [0.5, 0.6) is 6.01 Å². The lowest BCUT2D eigenvalue weighted by Crippen LogP contribution is -2.53. The molecule has 2 saturated carbocycles. The first-order valence-electron chi connectivity index (χ1n) is 22.5. The van der Waals surface area contributed by atoms with E-state index in [4.69, 9.17) is 19.4 Å². The monoisotopic (exact) mass is 912 g/mol. The second-order valence-corrected chi connectivity index (χ2v) is 22.7. The van der Waals surface area contributed by atoms with Crippen LogP contribution in [0.3, 0.4) is 0 Å². The van der Waals surface area contributed by atoms with E-state index >= 15 is 0 Å². The van der Waals surface area contributed by atoms with Crippen molar-refractivity contribution >= 4 is 56.1 Å². The van der Waals surface area contributed by atoms with Crippen molar-refractivity contribution in [2.45, 2.75) is 147 Å². The van der Waals surface area contributed by atoms with Crippen molar-refractivity contribution in [2.24, 2.45) is 11.3 Å². The molecular weight excluding hydrogens is 853 g/mol. The average Bonchev–Trinajstić information content (AvgIpc) is 3.90. The summed E-state index contributed by atoms with van der Waals surface area (Å²) in [4.78, 5) is 68.5. The Balaban J connectivity index is 1.12. The van der Waals surface area contributed by atoms with E-state index in [2.05, 4.69) is 41.2 Å². The van der Waals surface area contributed by atoms with E-state index in [0.29, 0.717) is 50.1 Å². The highest BCUT2D eigenvalue weighted by atomic mass is 32.2. The van der Waals surface area contributed by atoms with E-state index in [1.165, 1.54) is 10.5 Å². The van der Waals surface area contributed by atoms with Crippen LogP contribution in [0.15, 0.2) is 60.0 Å². The molecule has 0 radical (unpaired) electrons. The zero-order valence-corrected chi connectivity index (χ0v) is 39.4. The fraction of sp³-hybridized carbons (Fsp3) is 0.542. The van der Waals surface area contributed by atoms with Crippen molar-refractivity contribution in [1.82, 2.24) is 29.5 Å². The molecule has 64 heavy (non-hydrogen) atoms. The van der Waals surface area contributed by atoms with Crippen molar-refractivity contribution in [3.8, 4) is 27.8 Å². The zero-order chi connectivity index (χ0) is 45.8. The van der Waals surface area contributed by atoms with Gasteiger partial charge in [-0.25, -0.2) is 18.2 Å². The van der Waals surface area contributed by atoms with Gasteiger partial charge >= 0.3 is 6.09 Å². The number of allylic oxidation sites excluding steroid dienone is 2. The number of carbonyl (C=O) groups excluding carboxylic acids is 4. The summed E-state index contributed by atoms with van der Waals surface area (Å²) in [6.45, 7) is 13.0. The summed E-state index contributed by atoms with van der Waals surface area (Å²) in [5, 5.41) is 5.72. The van der Waals surface area contributed by atoms with Crippen LogP contribution in [0, 0.1) is 18.3 Å². The van der Waals surface area contributed by atoms with Crippen LogP contribution < -0.4 is 14.8 Å². The number of carbonyl (C=O) groups is 4. The van der Waals surface area contributed by atoms with Crippen molar-refractivity contribution in [3.05, 3.63) is 65.6 Å². The molecule has 16 heteroatoms. The van der Waals surface area contributed by atoms with Gasteiger partial charge in [0.05, 0.1) is 34.0 Å². The molecule has 4 aromatic rings. The zero-order valence-electron chi connectivity index (χ0n) is 37.8. The molecule has 8 rings (SSSR count). The fourth-order valence-electron chi connectivity index (χ4n) is 9.00. The maximum absolute atomic E-state index is 14.8. The van der Waals surface area contributed by atoms with E-state index in [0.717, 1.165) is 40.2 Å². The first-order chi connectivity index (χ1) is 30.3. The number of hydrogen-bond donors (Lipinski definition) is 2. The highest BCUT2D eigenvalue weighted by Gasteiger charge is 2.62. The Morgan fingerprint density at radius 2 is 1.77 bits per heavy atom. The number of thiazole rings is 1. The fourth-order valence-corrected chi connectivity index (χ4v) is 11.2. The lowest BCUT2D eigenvalue weighted by atomic mass is 9.91. The van der Waals surface area contributed by atoms with Gasteiger partial charge in [-0.2, -0.15) is 4.98 Å². The number of para-hydroxylation sites is 1. The number of sulfonamides is 1. The van der Waals surface area contributed by atoms with Gasteiger partial charge in [0.25, 0.3) is 6.01 Å². The van der Waals surface area contributed by atoms with Crippen molar-refractivity contribution in [3.63, 3.8) is 0 Å². The second kappa shape index (κ2) is 17.4. The van der Waals surface area contributed by atoms with Crippen LogP contribution in [-0.4, -0.2) is 86.6 Å². The molecule has 2 aromatic heterocycles. The summed E-state index contributed by atoms with van der Waals surface area (Å²) in [6, 6.07) is 12.4. The molecule has 2 N–H and O–H groups in total. The summed E-state index contributed by atoms with van der Waals surface area (Å²) in [6.07, 6.45) is 6.79. The molecule has 0 bridgehead atoms. The van der Waals surface area contributed by atoms with Crippen LogP contribution in [-0.2, 0) is 29.1 Å². The van der Waals surface area contributed by atoms with E-state index in [-0.39, 0.29) is 37.1 Å². The van der Waals surface area contributed by atoms with Crippen molar-refractivity contribution in [1.29, 1.82) is 0 Å². The number of nitrogens with one attached hydrogen (secondary N) is 2. The molecule has 4 heterocycles. The number of nitrogens with zero attached hydrogens (tertiary/aromatic N) is 4. The molecule has 2 aliphatic heterocycles. The highest BCUT2D eigenvalue weighted by Crippen LogP contribution is 2.57. The van der Waals surface area contributed by atoms with Gasteiger partial charge in [0, 0.05) is 35.4 Å². The summed E-state index contributed by atoms with van der Waals surface area (Å²) in [5.74, 6) is -1.85. The number of ether oxygens (including phenoxy) is 2. The summed E-state index contributed by atoms with van der Waals surface area (Å²) in [7, 11) is -3.97. The van der Waals surface area contributed by atoms with Crippen molar-refractivity contribution in [2.75, 3.05) is 6.54 Å². The van der Waals surface area contributed by atoms with Crippen LogP contribution in [0.25, 0.3) is 32.9 Å². The molecule has 1 saturated heterocycles. The maximum atomic E-state index is 14.8. The third-order valence-corrected chi connectivity index (χ3v) is 16.2. The van der Waals surface area contributed by atoms with Crippen LogP contribution in [0.1, 0.15) is 117 Å². The topological polar surface area (TPSA) is 179 Å². The third kappa shape index (κ3) is 9.35. The summed E-state index contributed by atoms with van der Waals surface area (Å²) >= 11 is 1.56. The normalized spacial score (nSPS) is 25.5. The molecule has 3 amide bonds. The minimum Gasteiger partial charge on any atom is -0.459 e. The van der Waals surface area contributed by atoms with Gasteiger partial charge in [0.2, 0.25) is 21.8 Å². The number of imidazole rings is 1. The lowest BCUT2D eigenvalue weighted by Gasteiger charge is -2.30. The SMILES string of the molecule is Cc1ccc(-c2nc(-c3cccc4c3nc(O[C@@H]3C[C@H]5C(=O)C[C@]6(C(=O)NS(=O)(=O)C7(C)CC7)C[C@H]6/C=C\CCCCC[C@H](NC(=O)OC(C)(C)C)C(=O)N5C3)n4C(C)C)cs2)cc1. The first-order valence-corrected chi connectivity index (χ1v) is 24.9.